The molecule has 3 aromatic heterocycles. The number of nitrogens with zero attached hydrogens (tertiary/aromatic N) is 7. The van der Waals surface area contributed by atoms with Gasteiger partial charge in [0.1, 0.15) is 0 Å². The van der Waals surface area contributed by atoms with Crippen LogP contribution in [0.1, 0.15) is 23.4 Å². The predicted molar refractivity (Wildman–Crippen MR) is 122 cm³/mol. The molecule has 2 aliphatic rings. The highest BCUT2D eigenvalue weighted by molar-refractivity contribution is 7.15. The maximum atomic E-state index is 6.51. The molecule has 30 heavy (non-hydrogen) atoms. The zero-order valence-electron chi connectivity index (χ0n) is 17.1. The maximum absolute atomic E-state index is 6.51. The highest BCUT2D eigenvalue weighted by atomic mass is 35.5. The zero-order valence-corrected chi connectivity index (χ0v) is 18.6. The molecular weight excluding hydrogens is 422 g/mol. The second-order valence-corrected chi connectivity index (χ2v) is 9.16. The minimum atomic E-state index is 0.298. The second-order valence-electron chi connectivity index (χ2n) is 7.60. The molecule has 3 aromatic rings. The highest BCUT2D eigenvalue weighted by Crippen LogP contribution is 2.32. The van der Waals surface area contributed by atoms with E-state index in [9.17, 15) is 0 Å². The first kappa shape index (κ1) is 19.7. The third-order valence-electron chi connectivity index (χ3n) is 5.52. The number of hydrogen-bond donors (Lipinski definition) is 2. The number of rotatable bonds is 4. The van der Waals surface area contributed by atoms with Gasteiger partial charge in [-0.05, 0) is 26.7 Å². The lowest BCUT2D eigenvalue weighted by atomic mass is 10.3. The molecule has 0 bridgehead atoms. The van der Waals surface area contributed by atoms with Gasteiger partial charge in [-0.1, -0.05) is 11.6 Å². The SMILES string of the molecule is Cc1nc(Nc2nc3nc(N4CCNCC4)nc(N4CCCC4)c3nc2Cl)sc1C. The number of thiazole rings is 1. The number of piperazine rings is 1. The summed E-state index contributed by atoms with van der Waals surface area (Å²) in [5.74, 6) is 2.00. The monoisotopic (exact) mass is 445 g/mol. The van der Waals surface area contributed by atoms with Gasteiger partial charge in [0.15, 0.2) is 33.1 Å². The van der Waals surface area contributed by atoms with Crippen molar-refractivity contribution in [3.05, 3.63) is 15.7 Å². The summed E-state index contributed by atoms with van der Waals surface area (Å²) in [7, 11) is 0. The smallest absolute Gasteiger partial charge is 0.229 e. The van der Waals surface area contributed by atoms with Gasteiger partial charge in [-0.2, -0.15) is 9.97 Å². The number of anilines is 4. The topological polar surface area (TPSA) is 95.0 Å². The minimum absolute atomic E-state index is 0.298. The van der Waals surface area contributed by atoms with E-state index < -0.39 is 0 Å². The minimum Gasteiger partial charge on any atom is -0.355 e. The van der Waals surface area contributed by atoms with Gasteiger partial charge in [-0.25, -0.2) is 15.0 Å². The summed E-state index contributed by atoms with van der Waals surface area (Å²) < 4.78 is 0. The third kappa shape index (κ3) is 3.75. The number of halogens is 1. The Hall–Kier alpha value is -2.30. The Balaban J connectivity index is 1.59. The van der Waals surface area contributed by atoms with Crippen LogP contribution in [0.15, 0.2) is 0 Å². The summed E-state index contributed by atoms with van der Waals surface area (Å²) >= 11 is 8.08. The number of aryl methyl sites for hydroxylation is 2. The first-order valence-electron chi connectivity index (χ1n) is 10.3. The standard InChI is InChI=1S/C19H24ClN9S/c1-11-12(2)30-19(22-11)26-16-14(20)23-13-15(24-16)25-18(29-9-5-21-6-10-29)27-17(13)28-7-3-4-8-28/h21H,3-10H2,1-2H3,(H,22,24,25,26,27). The van der Waals surface area contributed by atoms with Crippen molar-refractivity contribution in [2.24, 2.45) is 0 Å². The Labute approximate surface area is 183 Å². The summed E-state index contributed by atoms with van der Waals surface area (Å²) in [6.07, 6.45) is 2.30. The van der Waals surface area contributed by atoms with E-state index in [1.165, 1.54) is 0 Å². The van der Waals surface area contributed by atoms with E-state index in [1.807, 2.05) is 13.8 Å². The number of nitrogens with one attached hydrogen (secondary N) is 2. The van der Waals surface area contributed by atoms with Crippen LogP contribution in [0.5, 0.6) is 0 Å². The lowest BCUT2D eigenvalue weighted by Crippen LogP contribution is -2.44. The van der Waals surface area contributed by atoms with Crippen LogP contribution < -0.4 is 20.4 Å². The van der Waals surface area contributed by atoms with Gasteiger partial charge < -0.3 is 20.4 Å². The van der Waals surface area contributed by atoms with Crippen molar-refractivity contribution in [3.63, 3.8) is 0 Å². The lowest BCUT2D eigenvalue weighted by Gasteiger charge is -2.28. The van der Waals surface area contributed by atoms with Crippen molar-refractivity contribution in [1.82, 2.24) is 30.2 Å². The molecule has 2 aliphatic heterocycles. The molecule has 0 atom stereocenters. The van der Waals surface area contributed by atoms with Gasteiger partial charge in [0.2, 0.25) is 5.95 Å². The van der Waals surface area contributed by atoms with Crippen molar-refractivity contribution in [2.45, 2.75) is 26.7 Å². The molecule has 158 valence electrons. The summed E-state index contributed by atoms with van der Waals surface area (Å²) in [5, 5.41) is 7.64. The van der Waals surface area contributed by atoms with E-state index in [4.69, 9.17) is 26.6 Å². The van der Waals surface area contributed by atoms with E-state index in [0.29, 0.717) is 28.1 Å². The van der Waals surface area contributed by atoms with Gasteiger partial charge in [-0.15, -0.1) is 11.3 Å². The molecule has 2 N–H and O–H groups in total. The van der Waals surface area contributed by atoms with Gasteiger partial charge in [-0.3, -0.25) is 0 Å². The maximum Gasteiger partial charge on any atom is 0.229 e. The molecule has 11 heteroatoms. The van der Waals surface area contributed by atoms with Crippen molar-refractivity contribution in [1.29, 1.82) is 0 Å². The van der Waals surface area contributed by atoms with Crippen LogP contribution in [0.2, 0.25) is 5.15 Å². The van der Waals surface area contributed by atoms with Crippen LogP contribution in [0, 0.1) is 13.8 Å². The van der Waals surface area contributed by atoms with Crippen molar-refractivity contribution >= 4 is 56.8 Å². The van der Waals surface area contributed by atoms with Gasteiger partial charge >= 0.3 is 0 Å². The first-order valence-corrected chi connectivity index (χ1v) is 11.4. The van der Waals surface area contributed by atoms with Crippen LogP contribution in [0.4, 0.5) is 22.7 Å². The van der Waals surface area contributed by atoms with Crippen LogP contribution in [0.3, 0.4) is 0 Å². The Morgan fingerprint density at radius 1 is 0.933 bits per heavy atom. The quantitative estimate of drug-likeness (QED) is 0.628. The molecule has 0 aromatic carbocycles. The van der Waals surface area contributed by atoms with Crippen LogP contribution in [-0.2, 0) is 0 Å². The summed E-state index contributed by atoms with van der Waals surface area (Å²) in [6.45, 7) is 9.53. The molecule has 2 fully saturated rings. The predicted octanol–water partition coefficient (Wildman–Crippen LogP) is 2.90. The molecule has 0 aliphatic carbocycles. The average molecular weight is 446 g/mol. The van der Waals surface area contributed by atoms with E-state index in [1.54, 1.807) is 11.3 Å². The molecule has 0 saturated carbocycles. The lowest BCUT2D eigenvalue weighted by molar-refractivity contribution is 0.580. The second kappa shape index (κ2) is 8.09. The fourth-order valence-electron chi connectivity index (χ4n) is 3.76. The van der Waals surface area contributed by atoms with Gasteiger partial charge in [0.25, 0.3) is 0 Å². The molecule has 0 unspecified atom stereocenters. The van der Waals surface area contributed by atoms with Crippen LogP contribution >= 0.6 is 22.9 Å². The van der Waals surface area contributed by atoms with E-state index in [-0.39, 0.29) is 0 Å². The average Bonchev–Trinajstić information content (AvgIpc) is 3.39. The van der Waals surface area contributed by atoms with Crippen molar-refractivity contribution < 1.29 is 0 Å². The molecular formula is C19H24ClN9S. The molecule has 2 saturated heterocycles. The number of fused-ring (bicyclic) bond motifs is 1. The largest absolute Gasteiger partial charge is 0.355 e. The van der Waals surface area contributed by atoms with Crippen LogP contribution in [0.25, 0.3) is 11.2 Å². The van der Waals surface area contributed by atoms with E-state index in [0.717, 1.165) is 73.6 Å². The Morgan fingerprint density at radius 2 is 1.70 bits per heavy atom. The normalized spacial score (nSPS) is 17.2. The molecule has 9 nitrogen and oxygen atoms in total. The van der Waals surface area contributed by atoms with Crippen molar-refractivity contribution in [2.75, 3.05) is 54.4 Å². The molecule has 5 rings (SSSR count). The molecule has 0 spiro atoms. The summed E-state index contributed by atoms with van der Waals surface area (Å²) in [6, 6.07) is 0. The summed E-state index contributed by atoms with van der Waals surface area (Å²) in [5.41, 5.74) is 2.20. The van der Waals surface area contributed by atoms with E-state index >= 15 is 0 Å². The van der Waals surface area contributed by atoms with Crippen molar-refractivity contribution in [3.8, 4) is 0 Å². The fourth-order valence-corrected chi connectivity index (χ4v) is 4.75. The number of aromatic nitrogens is 5. The molecule has 5 heterocycles. The van der Waals surface area contributed by atoms with E-state index in [2.05, 4.69) is 30.4 Å². The van der Waals surface area contributed by atoms with Gasteiger partial charge in [0, 0.05) is 44.1 Å². The highest BCUT2D eigenvalue weighted by Gasteiger charge is 2.24. The van der Waals surface area contributed by atoms with Gasteiger partial charge in [0.05, 0.1) is 5.69 Å². The third-order valence-corrected chi connectivity index (χ3v) is 6.77. The van der Waals surface area contributed by atoms with Crippen LogP contribution in [-0.4, -0.2) is 64.2 Å². The first-order chi connectivity index (χ1) is 14.6. The fraction of sp³-hybridized carbons (Fsp3) is 0.526. The molecule has 0 radical (unpaired) electrons. The molecule has 0 amide bonds. The Kier molecular flexibility index (Phi) is 5.30. The zero-order chi connectivity index (χ0) is 20.7. The Morgan fingerprint density at radius 3 is 2.40 bits per heavy atom. The summed E-state index contributed by atoms with van der Waals surface area (Å²) in [4.78, 5) is 29.2. The number of hydrogen-bond acceptors (Lipinski definition) is 10. The Bertz CT molecular complexity index is 1050.